The van der Waals surface area contributed by atoms with E-state index in [9.17, 15) is 22.8 Å². The zero-order chi connectivity index (χ0) is 27.5. The molecular weight excluding hydrogens is 532 g/mol. The highest BCUT2D eigenvalue weighted by molar-refractivity contribution is 7.90. The van der Waals surface area contributed by atoms with Crippen molar-refractivity contribution in [2.75, 3.05) is 26.3 Å². The second kappa shape index (κ2) is 13.7. The highest BCUT2D eigenvalue weighted by atomic mass is 35.5. The van der Waals surface area contributed by atoms with E-state index < -0.39 is 21.8 Å². The van der Waals surface area contributed by atoms with Gasteiger partial charge in [-0.3, -0.25) is 19.4 Å². The highest BCUT2D eigenvalue weighted by Gasteiger charge is 2.20. The molecular formula is C26H27ClN4O6S. The molecule has 0 saturated carbocycles. The molecule has 38 heavy (non-hydrogen) atoms. The summed E-state index contributed by atoms with van der Waals surface area (Å²) >= 11 is 5.86. The largest absolute Gasteiger partial charge is 0.380 e. The van der Waals surface area contributed by atoms with Crippen LogP contribution < -0.4 is 15.4 Å². The summed E-state index contributed by atoms with van der Waals surface area (Å²) in [5, 5.41) is 6.02. The van der Waals surface area contributed by atoms with E-state index in [2.05, 4.69) is 15.6 Å². The molecule has 2 aromatic carbocycles. The van der Waals surface area contributed by atoms with Gasteiger partial charge in [0.25, 0.3) is 27.7 Å². The molecule has 0 unspecified atom stereocenters. The van der Waals surface area contributed by atoms with Crippen molar-refractivity contribution in [3.05, 3.63) is 94.3 Å². The van der Waals surface area contributed by atoms with Crippen LogP contribution >= 0.6 is 11.6 Å². The van der Waals surface area contributed by atoms with Gasteiger partial charge in [0.05, 0.1) is 17.1 Å². The van der Waals surface area contributed by atoms with E-state index in [1.807, 2.05) is 23.8 Å². The monoisotopic (exact) mass is 558 g/mol. The maximum atomic E-state index is 12.7. The molecule has 0 aliphatic heterocycles. The molecule has 10 nitrogen and oxygen atoms in total. The van der Waals surface area contributed by atoms with Crippen molar-refractivity contribution < 1.29 is 27.5 Å². The number of hydrogen-bond acceptors (Lipinski definition) is 7. The van der Waals surface area contributed by atoms with Gasteiger partial charge < -0.3 is 15.4 Å². The fraction of sp³-hybridized carbons (Fsp3) is 0.231. The predicted octanol–water partition coefficient (Wildman–Crippen LogP) is 2.59. The molecule has 0 fully saturated rings. The fourth-order valence-corrected chi connectivity index (χ4v) is 4.33. The minimum absolute atomic E-state index is 0.0453. The number of sulfonamides is 1. The second-order valence-corrected chi connectivity index (χ2v) is 10.1. The molecule has 0 bridgehead atoms. The van der Waals surface area contributed by atoms with Gasteiger partial charge in [-0.2, -0.15) is 0 Å². The molecule has 0 aliphatic rings. The van der Waals surface area contributed by atoms with Crippen LogP contribution in [0.3, 0.4) is 0 Å². The van der Waals surface area contributed by atoms with Gasteiger partial charge in [-0.1, -0.05) is 23.7 Å². The number of hydrogen-bond donors (Lipinski definition) is 3. The maximum Gasteiger partial charge on any atom is 0.269 e. The predicted molar refractivity (Wildman–Crippen MR) is 142 cm³/mol. The van der Waals surface area contributed by atoms with Crippen LogP contribution in [0.5, 0.6) is 0 Å². The number of nitrogens with zero attached hydrogens (tertiary/aromatic N) is 1. The lowest BCUT2D eigenvalue weighted by Gasteiger charge is -2.09. The van der Waals surface area contributed by atoms with E-state index in [0.29, 0.717) is 37.7 Å². The lowest BCUT2D eigenvalue weighted by molar-refractivity contribution is 0.0914. The number of carbonyl (C=O) groups is 3. The molecule has 3 aromatic rings. The van der Waals surface area contributed by atoms with Gasteiger partial charge in [0.2, 0.25) is 0 Å². The average molecular weight is 559 g/mol. The third-order valence-corrected chi connectivity index (χ3v) is 6.86. The minimum Gasteiger partial charge on any atom is -0.380 e. The maximum absolute atomic E-state index is 12.7. The normalized spacial score (nSPS) is 11.0. The summed E-state index contributed by atoms with van der Waals surface area (Å²) in [4.78, 5) is 40.6. The van der Waals surface area contributed by atoms with Gasteiger partial charge in [-0.05, 0) is 67.4 Å². The van der Waals surface area contributed by atoms with Crippen molar-refractivity contribution in [3.8, 4) is 0 Å². The minimum atomic E-state index is -4.21. The third-order valence-electron chi connectivity index (χ3n) is 5.26. The van der Waals surface area contributed by atoms with Crippen molar-refractivity contribution in [3.63, 3.8) is 0 Å². The lowest BCUT2D eigenvalue weighted by atomic mass is 10.1. The van der Waals surface area contributed by atoms with Crippen molar-refractivity contribution in [2.45, 2.75) is 18.2 Å². The molecule has 0 aliphatic carbocycles. The molecule has 0 atom stereocenters. The van der Waals surface area contributed by atoms with Crippen molar-refractivity contribution in [1.82, 2.24) is 20.3 Å². The number of pyridine rings is 1. The fourth-order valence-electron chi connectivity index (χ4n) is 3.23. The topological polar surface area (TPSA) is 144 Å². The standard InChI is InChI=1S/C26H27ClN4O6S/c1-2-37-16-15-29-26(34)23-12-7-20(17-30-23)25(33)31-38(35,36)22-10-5-19(6-11-22)24(32)28-14-13-18-3-8-21(27)9-4-18/h3-12,17H,2,13-16H2,1H3,(H,28,32)(H,29,34)(H,31,33). The second-order valence-electron chi connectivity index (χ2n) is 7.98. The summed E-state index contributed by atoms with van der Waals surface area (Å²) in [6.45, 7) is 3.42. The number of halogens is 1. The van der Waals surface area contributed by atoms with E-state index in [4.69, 9.17) is 16.3 Å². The Morgan fingerprint density at radius 2 is 1.50 bits per heavy atom. The van der Waals surface area contributed by atoms with Gasteiger partial charge in [0, 0.05) is 36.5 Å². The quantitative estimate of drug-likeness (QED) is 0.290. The summed E-state index contributed by atoms with van der Waals surface area (Å²) < 4.78 is 32.4. The van der Waals surface area contributed by atoms with Crippen LogP contribution in [0.4, 0.5) is 0 Å². The Bertz CT molecular complexity index is 1360. The molecule has 12 heteroatoms. The zero-order valence-corrected chi connectivity index (χ0v) is 22.1. The Balaban J connectivity index is 1.53. The highest BCUT2D eigenvalue weighted by Crippen LogP contribution is 2.13. The van der Waals surface area contributed by atoms with Crippen LogP contribution in [-0.2, 0) is 21.2 Å². The Morgan fingerprint density at radius 1 is 0.842 bits per heavy atom. The van der Waals surface area contributed by atoms with Gasteiger partial charge in [-0.15, -0.1) is 0 Å². The smallest absolute Gasteiger partial charge is 0.269 e. The van der Waals surface area contributed by atoms with Crippen LogP contribution in [0, 0.1) is 0 Å². The van der Waals surface area contributed by atoms with E-state index in [1.165, 1.54) is 36.4 Å². The first-order valence-corrected chi connectivity index (χ1v) is 13.6. The number of amides is 3. The van der Waals surface area contributed by atoms with Crippen LogP contribution in [-0.4, -0.2) is 57.4 Å². The molecule has 0 spiro atoms. The number of benzene rings is 2. The van der Waals surface area contributed by atoms with E-state index in [0.717, 1.165) is 11.8 Å². The van der Waals surface area contributed by atoms with Gasteiger partial charge >= 0.3 is 0 Å². The summed E-state index contributed by atoms with van der Waals surface area (Å²) in [7, 11) is -4.21. The average Bonchev–Trinajstić information content (AvgIpc) is 2.92. The van der Waals surface area contributed by atoms with Crippen LogP contribution in [0.15, 0.2) is 71.8 Å². The number of ether oxygens (including phenoxy) is 1. The number of rotatable bonds is 12. The lowest BCUT2D eigenvalue weighted by Crippen LogP contribution is -2.31. The van der Waals surface area contributed by atoms with E-state index >= 15 is 0 Å². The molecule has 3 amide bonds. The first-order chi connectivity index (χ1) is 18.2. The third kappa shape index (κ3) is 8.37. The molecule has 200 valence electrons. The van der Waals surface area contributed by atoms with Crippen LogP contribution in [0.2, 0.25) is 5.02 Å². The van der Waals surface area contributed by atoms with Gasteiger partial charge in [0.15, 0.2) is 0 Å². The number of aromatic nitrogens is 1. The molecule has 0 radical (unpaired) electrons. The molecule has 1 aromatic heterocycles. The molecule has 1 heterocycles. The number of nitrogens with one attached hydrogen (secondary N) is 3. The van der Waals surface area contributed by atoms with Crippen molar-refractivity contribution >= 4 is 39.3 Å². The molecule has 0 saturated heterocycles. The van der Waals surface area contributed by atoms with Gasteiger partial charge in [0.1, 0.15) is 5.69 Å². The Morgan fingerprint density at radius 3 is 2.13 bits per heavy atom. The van der Waals surface area contributed by atoms with Crippen LogP contribution in [0.1, 0.15) is 43.7 Å². The Kier molecular flexibility index (Phi) is 10.3. The van der Waals surface area contributed by atoms with Crippen LogP contribution in [0.25, 0.3) is 0 Å². The molecule has 3 N–H and O–H groups in total. The van der Waals surface area contributed by atoms with E-state index in [-0.39, 0.29) is 27.6 Å². The zero-order valence-electron chi connectivity index (χ0n) is 20.6. The summed E-state index contributed by atoms with van der Waals surface area (Å²) in [6.07, 6.45) is 1.72. The molecule has 3 rings (SSSR count). The summed E-state index contributed by atoms with van der Waals surface area (Å²) in [5.41, 5.74) is 1.31. The van der Waals surface area contributed by atoms with Gasteiger partial charge in [-0.25, -0.2) is 13.1 Å². The Labute approximate surface area is 225 Å². The number of carbonyl (C=O) groups excluding carboxylic acids is 3. The van der Waals surface area contributed by atoms with Crippen molar-refractivity contribution in [2.24, 2.45) is 0 Å². The first-order valence-electron chi connectivity index (χ1n) is 11.7. The summed E-state index contributed by atoms with van der Waals surface area (Å²) in [6, 6.07) is 15.1. The first kappa shape index (κ1) is 28.8. The summed E-state index contributed by atoms with van der Waals surface area (Å²) in [5.74, 6) is -1.72. The SMILES string of the molecule is CCOCCNC(=O)c1ccc(C(=O)NS(=O)(=O)c2ccc(C(=O)NCCc3ccc(Cl)cc3)cc2)cn1. The van der Waals surface area contributed by atoms with Crippen molar-refractivity contribution in [1.29, 1.82) is 0 Å². The Hall–Kier alpha value is -3.80. The van der Waals surface area contributed by atoms with E-state index in [1.54, 1.807) is 12.1 Å².